The van der Waals surface area contributed by atoms with Crippen molar-refractivity contribution >= 4 is 17.3 Å². The highest BCUT2D eigenvalue weighted by Gasteiger charge is 2.28. The van der Waals surface area contributed by atoms with E-state index in [9.17, 15) is 14.9 Å². The predicted molar refractivity (Wildman–Crippen MR) is 96.3 cm³/mol. The molecule has 9 heteroatoms. The van der Waals surface area contributed by atoms with E-state index in [-0.39, 0.29) is 17.9 Å². The average molecular weight is 372 g/mol. The van der Waals surface area contributed by atoms with Gasteiger partial charge < -0.3 is 24.5 Å². The van der Waals surface area contributed by atoms with Gasteiger partial charge in [0, 0.05) is 49.6 Å². The molecule has 0 radical (unpaired) electrons. The SMILES string of the molecule is O=C1CCN(c2ccc(OCC3CCn4cc([N+](=O)[O-])nc4O3)cc2)CC1. The lowest BCUT2D eigenvalue weighted by atomic mass is 10.1. The fraction of sp³-hybridized carbons (Fsp3) is 0.444. The van der Waals surface area contributed by atoms with Crippen LogP contribution in [-0.4, -0.2) is 46.1 Å². The molecule has 1 aromatic carbocycles. The summed E-state index contributed by atoms with van der Waals surface area (Å²) in [5.41, 5.74) is 1.08. The molecule has 0 saturated carbocycles. The van der Waals surface area contributed by atoms with Gasteiger partial charge >= 0.3 is 11.8 Å². The van der Waals surface area contributed by atoms with Crippen molar-refractivity contribution < 1.29 is 19.2 Å². The molecular formula is C18H20N4O5. The molecule has 2 aliphatic rings. The van der Waals surface area contributed by atoms with Crippen molar-refractivity contribution in [3.8, 4) is 11.8 Å². The van der Waals surface area contributed by atoms with Crippen LogP contribution in [-0.2, 0) is 11.3 Å². The van der Waals surface area contributed by atoms with Crippen LogP contribution in [0.3, 0.4) is 0 Å². The van der Waals surface area contributed by atoms with Crippen LogP contribution in [0.15, 0.2) is 30.5 Å². The Labute approximate surface area is 155 Å². The molecule has 2 aromatic rings. The van der Waals surface area contributed by atoms with Gasteiger partial charge in [-0.05, 0) is 29.2 Å². The molecule has 4 rings (SSSR count). The first-order valence-electron chi connectivity index (χ1n) is 8.96. The summed E-state index contributed by atoms with van der Waals surface area (Å²) in [6, 6.07) is 8.05. The van der Waals surface area contributed by atoms with Gasteiger partial charge in [-0.2, -0.15) is 0 Å². The minimum atomic E-state index is -0.528. The molecule has 0 bridgehead atoms. The van der Waals surface area contributed by atoms with Gasteiger partial charge in [-0.15, -0.1) is 0 Å². The van der Waals surface area contributed by atoms with Gasteiger partial charge in [0.1, 0.15) is 30.4 Å². The Kier molecular flexibility index (Phi) is 4.66. The van der Waals surface area contributed by atoms with Crippen LogP contribution < -0.4 is 14.4 Å². The molecule has 3 heterocycles. The summed E-state index contributed by atoms with van der Waals surface area (Å²) in [6.07, 6.45) is 3.09. The average Bonchev–Trinajstić information content (AvgIpc) is 3.11. The quantitative estimate of drug-likeness (QED) is 0.586. The molecule has 2 aliphatic heterocycles. The molecular weight excluding hydrogens is 352 g/mol. The third-order valence-corrected chi connectivity index (χ3v) is 4.84. The number of carbonyl (C=O) groups excluding carboxylic acids is 1. The molecule has 142 valence electrons. The number of aryl methyl sites for hydroxylation is 1. The van der Waals surface area contributed by atoms with Gasteiger partial charge in [-0.3, -0.25) is 9.36 Å². The fourth-order valence-electron chi connectivity index (χ4n) is 3.29. The highest BCUT2D eigenvalue weighted by atomic mass is 16.6. The number of carbonyl (C=O) groups is 1. The number of ether oxygens (including phenoxy) is 2. The van der Waals surface area contributed by atoms with Crippen LogP contribution in [0.2, 0.25) is 0 Å². The number of nitrogens with zero attached hydrogens (tertiary/aromatic N) is 4. The van der Waals surface area contributed by atoms with Crippen LogP contribution in [0.1, 0.15) is 19.3 Å². The van der Waals surface area contributed by atoms with E-state index in [4.69, 9.17) is 9.47 Å². The zero-order valence-corrected chi connectivity index (χ0v) is 14.7. The predicted octanol–water partition coefficient (Wildman–Crippen LogP) is 2.19. The third-order valence-electron chi connectivity index (χ3n) is 4.84. The molecule has 9 nitrogen and oxygen atoms in total. The van der Waals surface area contributed by atoms with Crippen molar-refractivity contribution in [2.75, 3.05) is 24.6 Å². The van der Waals surface area contributed by atoms with Gasteiger partial charge in [-0.1, -0.05) is 0 Å². The molecule has 0 spiro atoms. The number of nitro groups is 1. The first kappa shape index (κ1) is 17.3. The number of anilines is 1. The second-order valence-electron chi connectivity index (χ2n) is 6.69. The lowest BCUT2D eigenvalue weighted by Gasteiger charge is -2.28. The van der Waals surface area contributed by atoms with Gasteiger partial charge in [0.25, 0.3) is 0 Å². The zero-order valence-electron chi connectivity index (χ0n) is 14.7. The van der Waals surface area contributed by atoms with E-state index in [1.165, 1.54) is 6.20 Å². The van der Waals surface area contributed by atoms with E-state index in [0.717, 1.165) is 24.5 Å². The number of rotatable bonds is 5. The summed E-state index contributed by atoms with van der Waals surface area (Å²) in [7, 11) is 0. The van der Waals surface area contributed by atoms with Crippen molar-refractivity contribution in [1.82, 2.24) is 9.55 Å². The Balaban J connectivity index is 1.31. The fourth-order valence-corrected chi connectivity index (χ4v) is 3.29. The summed E-state index contributed by atoms with van der Waals surface area (Å²) >= 11 is 0. The lowest BCUT2D eigenvalue weighted by molar-refractivity contribution is -0.389. The second-order valence-corrected chi connectivity index (χ2v) is 6.69. The smallest absolute Gasteiger partial charge is 0.414 e. The Morgan fingerprint density at radius 3 is 2.67 bits per heavy atom. The highest BCUT2D eigenvalue weighted by Crippen LogP contribution is 2.25. The second kappa shape index (κ2) is 7.26. The zero-order chi connectivity index (χ0) is 18.8. The number of Topliss-reactive ketones (excluding diaryl/α,β-unsaturated/α-hetero) is 1. The molecule has 1 fully saturated rings. The summed E-state index contributed by atoms with van der Waals surface area (Å²) < 4.78 is 13.1. The van der Waals surface area contributed by atoms with Crippen molar-refractivity contribution in [1.29, 1.82) is 0 Å². The normalized spacial score (nSPS) is 19.3. The number of ketones is 1. The first-order chi connectivity index (χ1) is 13.1. The van der Waals surface area contributed by atoms with Gasteiger partial charge in [0.05, 0.1) is 0 Å². The molecule has 0 N–H and O–H groups in total. The molecule has 1 aromatic heterocycles. The van der Waals surface area contributed by atoms with E-state index in [0.29, 0.717) is 38.2 Å². The number of fused-ring (bicyclic) bond motifs is 1. The molecule has 1 unspecified atom stereocenters. The van der Waals surface area contributed by atoms with Crippen molar-refractivity contribution in [2.24, 2.45) is 0 Å². The van der Waals surface area contributed by atoms with E-state index in [1.54, 1.807) is 4.57 Å². The molecule has 0 aliphatic carbocycles. The molecule has 27 heavy (non-hydrogen) atoms. The maximum absolute atomic E-state index is 11.3. The lowest BCUT2D eigenvalue weighted by Crippen LogP contribution is -2.33. The maximum atomic E-state index is 11.3. The Morgan fingerprint density at radius 1 is 1.22 bits per heavy atom. The Hall–Kier alpha value is -3.10. The van der Waals surface area contributed by atoms with Crippen LogP contribution in [0.5, 0.6) is 11.8 Å². The highest BCUT2D eigenvalue weighted by molar-refractivity contribution is 5.81. The van der Waals surface area contributed by atoms with E-state index in [1.807, 2.05) is 24.3 Å². The van der Waals surface area contributed by atoms with Crippen LogP contribution in [0, 0.1) is 10.1 Å². The molecule has 1 saturated heterocycles. The van der Waals surface area contributed by atoms with Crippen molar-refractivity contribution in [3.63, 3.8) is 0 Å². The standard InChI is InChI=1S/C18H20N4O5/c23-14-5-8-20(9-6-14)13-1-3-15(4-2-13)26-12-16-7-10-21-11-17(22(24)25)19-18(21)27-16/h1-4,11,16H,5-10,12H2. The van der Waals surface area contributed by atoms with E-state index < -0.39 is 4.92 Å². The minimum Gasteiger partial charge on any atom is -0.490 e. The van der Waals surface area contributed by atoms with E-state index >= 15 is 0 Å². The molecule has 1 atom stereocenters. The monoisotopic (exact) mass is 372 g/mol. The number of piperidine rings is 1. The van der Waals surface area contributed by atoms with Crippen LogP contribution >= 0.6 is 0 Å². The minimum absolute atomic E-state index is 0.202. The first-order valence-corrected chi connectivity index (χ1v) is 8.96. The largest absolute Gasteiger partial charge is 0.490 e. The Bertz CT molecular complexity index is 838. The maximum Gasteiger partial charge on any atom is 0.414 e. The van der Waals surface area contributed by atoms with Crippen molar-refractivity contribution in [3.05, 3.63) is 40.6 Å². The number of aromatic nitrogens is 2. The van der Waals surface area contributed by atoms with Gasteiger partial charge in [0.15, 0.2) is 0 Å². The summed E-state index contributed by atoms with van der Waals surface area (Å²) in [6.45, 7) is 2.47. The van der Waals surface area contributed by atoms with Gasteiger partial charge in [0.2, 0.25) is 0 Å². The van der Waals surface area contributed by atoms with Crippen LogP contribution in [0.4, 0.5) is 11.5 Å². The summed E-state index contributed by atoms with van der Waals surface area (Å²) in [5, 5.41) is 10.8. The number of hydrogen-bond donors (Lipinski definition) is 0. The molecule has 0 amide bonds. The Morgan fingerprint density at radius 2 is 1.96 bits per heavy atom. The summed E-state index contributed by atoms with van der Waals surface area (Å²) in [5.74, 6) is 0.849. The number of imidazole rings is 1. The summed E-state index contributed by atoms with van der Waals surface area (Å²) in [4.78, 5) is 27.7. The van der Waals surface area contributed by atoms with Crippen LogP contribution in [0.25, 0.3) is 0 Å². The topological polar surface area (TPSA) is 99.7 Å². The van der Waals surface area contributed by atoms with Gasteiger partial charge in [-0.25, -0.2) is 0 Å². The third kappa shape index (κ3) is 3.86. The number of hydrogen-bond acceptors (Lipinski definition) is 7. The number of benzene rings is 1. The van der Waals surface area contributed by atoms with Crippen molar-refractivity contribution in [2.45, 2.75) is 31.9 Å². The van der Waals surface area contributed by atoms with E-state index in [2.05, 4.69) is 9.88 Å².